The van der Waals surface area contributed by atoms with E-state index in [2.05, 4.69) is 15.1 Å². The molecule has 6 nitrogen and oxygen atoms in total. The highest BCUT2D eigenvalue weighted by Crippen LogP contribution is 2.17. The fraction of sp³-hybridized carbons (Fsp3) is 0.0714. The van der Waals surface area contributed by atoms with Gasteiger partial charge in [-0.2, -0.15) is 10.2 Å². The van der Waals surface area contributed by atoms with E-state index in [1.807, 2.05) is 36.4 Å². The second kappa shape index (κ2) is 5.28. The van der Waals surface area contributed by atoms with E-state index in [4.69, 9.17) is 14.5 Å². The molecular formula is C14H10N4O2. The quantitative estimate of drug-likeness (QED) is 0.783. The number of benzene rings is 1. The van der Waals surface area contributed by atoms with Crippen molar-refractivity contribution in [1.29, 1.82) is 5.26 Å². The van der Waals surface area contributed by atoms with Gasteiger partial charge in [-0.15, -0.1) is 0 Å². The van der Waals surface area contributed by atoms with Gasteiger partial charge in [0.2, 0.25) is 5.82 Å². The first-order valence-corrected chi connectivity index (χ1v) is 5.95. The van der Waals surface area contributed by atoms with Crippen LogP contribution in [0.5, 0.6) is 5.75 Å². The van der Waals surface area contributed by atoms with Gasteiger partial charge in [0.25, 0.3) is 5.89 Å². The van der Waals surface area contributed by atoms with Crippen LogP contribution in [0.25, 0.3) is 11.6 Å². The van der Waals surface area contributed by atoms with Crippen molar-refractivity contribution in [2.24, 2.45) is 0 Å². The molecule has 0 unspecified atom stereocenters. The molecule has 1 aromatic carbocycles. The number of ether oxygens (including phenoxy) is 1. The van der Waals surface area contributed by atoms with Crippen molar-refractivity contribution in [3.8, 4) is 23.4 Å². The van der Waals surface area contributed by atoms with Gasteiger partial charge in [0, 0.05) is 0 Å². The molecule has 0 fully saturated rings. The average molecular weight is 266 g/mol. The molecule has 0 spiro atoms. The largest absolute Gasteiger partial charge is 0.485 e. The summed E-state index contributed by atoms with van der Waals surface area (Å²) in [5, 5.41) is 12.6. The zero-order valence-corrected chi connectivity index (χ0v) is 10.4. The molecule has 0 saturated carbocycles. The Balaban J connectivity index is 1.69. The van der Waals surface area contributed by atoms with Crippen LogP contribution in [0.15, 0.2) is 47.0 Å². The van der Waals surface area contributed by atoms with Crippen LogP contribution in [-0.2, 0) is 6.61 Å². The molecule has 0 amide bonds. The number of rotatable bonds is 4. The Bertz CT molecular complexity index is 740. The van der Waals surface area contributed by atoms with Crippen LogP contribution in [0.4, 0.5) is 0 Å². The summed E-state index contributed by atoms with van der Waals surface area (Å²) in [5.41, 5.74) is 1.06. The zero-order valence-electron chi connectivity index (χ0n) is 10.4. The first-order chi connectivity index (χ1) is 9.85. The van der Waals surface area contributed by atoms with Gasteiger partial charge in [-0.05, 0) is 24.3 Å². The lowest BCUT2D eigenvalue weighted by molar-refractivity contribution is 0.287. The van der Waals surface area contributed by atoms with Crippen LogP contribution in [0, 0.1) is 11.3 Å². The van der Waals surface area contributed by atoms with E-state index in [-0.39, 0.29) is 6.61 Å². The number of H-pyrrole nitrogens is 1. The number of aromatic amines is 1. The Morgan fingerprint density at radius 1 is 1.20 bits per heavy atom. The van der Waals surface area contributed by atoms with Crippen LogP contribution >= 0.6 is 0 Å². The highest BCUT2D eigenvalue weighted by atomic mass is 16.5. The molecule has 0 radical (unpaired) electrons. The van der Waals surface area contributed by atoms with Gasteiger partial charge in [-0.1, -0.05) is 23.4 Å². The Labute approximate surface area is 114 Å². The van der Waals surface area contributed by atoms with Crippen molar-refractivity contribution in [3.05, 3.63) is 54.0 Å². The lowest BCUT2D eigenvalue weighted by Crippen LogP contribution is -1.97. The van der Waals surface area contributed by atoms with Crippen LogP contribution in [0.2, 0.25) is 0 Å². The Kier molecular flexibility index (Phi) is 3.17. The van der Waals surface area contributed by atoms with Gasteiger partial charge < -0.3 is 14.2 Å². The van der Waals surface area contributed by atoms with Crippen molar-refractivity contribution < 1.29 is 9.26 Å². The molecule has 1 N–H and O–H groups in total. The molecular weight excluding hydrogens is 256 g/mol. The number of para-hydroxylation sites is 1. The predicted molar refractivity (Wildman–Crippen MR) is 69.6 cm³/mol. The third-order valence-corrected chi connectivity index (χ3v) is 2.62. The van der Waals surface area contributed by atoms with E-state index in [0.717, 1.165) is 5.75 Å². The standard InChI is InChI=1S/C14H10N4O2/c15-8-10-6-7-12(16-10)14-17-13(18-20-14)9-19-11-4-2-1-3-5-11/h1-7,16H,9H2. The number of nitriles is 1. The lowest BCUT2D eigenvalue weighted by atomic mass is 10.3. The molecule has 20 heavy (non-hydrogen) atoms. The maximum atomic E-state index is 8.75. The molecule has 2 aromatic heterocycles. The molecule has 98 valence electrons. The Morgan fingerprint density at radius 3 is 2.80 bits per heavy atom. The topological polar surface area (TPSA) is 87.7 Å². The summed E-state index contributed by atoms with van der Waals surface area (Å²) >= 11 is 0. The normalized spacial score (nSPS) is 10.2. The van der Waals surface area contributed by atoms with Crippen molar-refractivity contribution in [3.63, 3.8) is 0 Å². The minimum absolute atomic E-state index is 0.222. The molecule has 0 bridgehead atoms. The fourth-order valence-corrected chi connectivity index (χ4v) is 1.67. The van der Waals surface area contributed by atoms with Crippen molar-refractivity contribution in [2.75, 3.05) is 0 Å². The minimum Gasteiger partial charge on any atom is -0.485 e. The molecule has 0 aliphatic heterocycles. The van der Waals surface area contributed by atoms with Crippen LogP contribution in [0.1, 0.15) is 11.5 Å². The molecule has 0 atom stereocenters. The number of hydrogen-bond acceptors (Lipinski definition) is 5. The monoisotopic (exact) mass is 266 g/mol. The zero-order chi connectivity index (χ0) is 13.8. The maximum absolute atomic E-state index is 8.75. The molecule has 6 heteroatoms. The van der Waals surface area contributed by atoms with Crippen molar-refractivity contribution in [1.82, 2.24) is 15.1 Å². The van der Waals surface area contributed by atoms with E-state index in [9.17, 15) is 0 Å². The average Bonchev–Trinajstić information content (AvgIpc) is 3.15. The van der Waals surface area contributed by atoms with E-state index >= 15 is 0 Å². The molecule has 3 aromatic rings. The summed E-state index contributed by atoms with van der Waals surface area (Å²) in [5.74, 6) is 1.51. The van der Waals surface area contributed by atoms with Gasteiger partial charge in [0.15, 0.2) is 6.61 Å². The second-order valence-electron chi connectivity index (χ2n) is 4.01. The molecule has 0 saturated heterocycles. The summed E-state index contributed by atoms with van der Waals surface area (Å²) in [6.45, 7) is 0.222. The minimum atomic E-state index is 0.222. The summed E-state index contributed by atoms with van der Waals surface area (Å²) in [6, 6.07) is 14.8. The van der Waals surface area contributed by atoms with Crippen molar-refractivity contribution in [2.45, 2.75) is 6.61 Å². The van der Waals surface area contributed by atoms with E-state index in [1.165, 1.54) is 0 Å². The fourth-order valence-electron chi connectivity index (χ4n) is 1.67. The van der Waals surface area contributed by atoms with Gasteiger partial charge in [0.1, 0.15) is 23.2 Å². The van der Waals surface area contributed by atoms with Crippen molar-refractivity contribution >= 4 is 0 Å². The second-order valence-corrected chi connectivity index (χ2v) is 4.01. The number of aromatic nitrogens is 3. The predicted octanol–water partition coefficient (Wildman–Crippen LogP) is 2.52. The SMILES string of the molecule is N#Cc1ccc(-c2nc(COc3ccccc3)no2)[nH]1. The van der Waals surface area contributed by atoms with Crippen LogP contribution < -0.4 is 4.74 Å². The first kappa shape index (κ1) is 12.0. The van der Waals surface area contributed by atoms with E-state index in [1.54, 1.807) is 12.1 Å². The third kappa shape index (κ3) is 2.52. The van der Waals surface area contributed by atoms with Crippen LogP contribution in [0.3, 0.4) is 0 Å². The van der Waals surface area contributed by atoms with E-state index < -0.39 is 0 Å². The lowest BCUT2D eigenvalue weighted by Gasteiger charge is -2.01. The molecule has 2 heterocycles. The molecule has 0 aliphatic carbocycles. The van der Waals surface area contributed by atoms with Crippen LogP contribution in [-0.4, -0.2) is 15.1 Å². The number of hydrogen-bond donors (Lipinski definition) is 1. The highest BCUT2D eigenvalue weighted by Gasteiger charge is 2.11. The number of nitrogens with one attached hydrogen (secondary N) is 1. The third-order valence-electron chi connectivity index (χ3n) is 2.62. The summed E-state index contributed by atoms with van der Waals surface area (Å²) in [7, 11) is 0. The Hall–Kier alpha value is -3.07. The van der Waals surface area contributed by atoms with Gasteiger partial charge in [0.05, 0.1) is 0 Å². The summed E-state index contributed by atoms with van der Waals surface area (Å²) in [4.78, 5) is 7.07. The van der Waals surface area contributed by atoms with Gasteiger partial charge >= 0.3 is 0 Å². The van der Waals surface area contributed by atoms with Gasteiger partial charge in [-0.3, -0.25) is 0 Å². The smallest absolute Gasteiger partial charge is 0.274 e. The number of nitrogens with zero attached hydrogens (tertiary/aromatic N) is 3. The first-order valence-electron chi connectivity index (χ1n) is 5.95. The maximum Gasteiger partial charge on any atom is 0.274 e. The highest BCUT2D eigenvalue weighted by molar-refractivity contribution is 5.49. The summed E-state index contributed by atoms with van der Waals surface area (Å²) < 4.78 is 10.6. The molecule has 0 aliphatic rings. The summed E-state index contributed by atoms with van der Waals surface area (Å²) in [6.07, 6.45) is 0. The van der Waals surface area contributed by atoms with E-state index in [0.29, 0.717) is 23.1 Å². The Morgan fingerprint density at radius 2 is 2.05 bits per heavy atom. The molecule has 3 rings (SSSR count). The van der Waals surface area contributed by atoms with Gasteiger partial charge in [-0.25, -0.2) is 0 Å².